The monoisotopic (exact) mass is 185 g/mol. The van der Waals surface area contributed by atoms with Crippen molar-refractivity contribution in [1.82, 2.24) is 0 Å². The summed E-state index contributed by atoms with van der Waals surface area (Å²) in [6, 6.07) is 3.35. The summed E-state index contributed by atoms with van der Waals surface area (Å²) in [5.74, 6) is 0. The van der Waals surface area contributed by atoms with Crippen molar-refractivity contribution in [2.75, 3.05) is 32.7 Å². The van der Waals surface area contributed by atoms with E-state index < -0.39 is 0 Å². The van der Waals surface area contributed by atoms with Gasteiger partial charge in [0.1, 0.15) is 0 Å². The molecule has 3 heteroatoms. The minimum Gasteiger partial charge on any atom is -0.330 e. The fraction of sp³-hybridized carbons (Fsp3) is 0.900. The Morgan fingerprint density at radius 2 is 1.54 bits per heavy atom. The van der Waals surface area contributed by atoms with Gasteiger partial charge in [-0.15, -0.1) is 9.15 Å². The van der Waals surface area contributed by atoms with Crippen LogP contribution in [0.15, 0.2) is 0 Å². The molecule has 0 atom stereocenters. The van der Waals surface area contributed by atoms with Crippen molar-refractivity contribution in [3.05, 3.63) is 0 Å². The highest BCUT2D eigenvalue weighted by atomic mass is 15.1. The predicted molar refractivity (Wildman–Crippen MR) is 55.7 cm³/mol. The van der Waals surface area contributed by atoms with E-state index in [2.05, 4.69) is 35.9 Å². The summed E-state index contributed by atoms with van der Waals surface area (Å²) in [6.45, 7) is 11.3. The van der Waals surface area contributed by atoms with E-state index in [9.17, 15) is 0 Å². The first-order valence-electron chi connectivity index (χ1n) is 5.24. The maximum atomic E-state index is 5.46. The first-order chi connectivity index (χ1) is 6.28. The number of nitrogens with two attached hydrogens (primary N) is 1. The van der Waals surface area contributed by atoms with Gasteiger partial charge in [-0.1, -0.05) is 0 Å². The van der Waals surface area contributed by atoms with Gasteiger partial charge in [0.2, 0.25) is 0 Å². The van der Waals surface area contributed by atoms with Crippen LogP contribution in [0.2, 0.25) is 0 Å². The molecule has 0 aromatic heterocycles. The maximum absolute atomic E-state index is 5.46. The average Bonchev–Trinajstić information content (AvgIpc) is 2.19. The molecule has 0 saturated carbocycles. The summed E-state index contributed by atoms with van der Waals surface area (Å²) in [4.78, 5) is 0. The van der Waals surface area contributed by atoms with Gasteiger partial charge in [0, 0.05) is 6.42 Å². The molecule has 0 aliphatic heterocycles. The molecule has 3 nitrogen and oxygen atoms in total. The summed E-state index contributed by atoms with van der Waals surface area (Å²) in [5.41, 5.74) is 5.46. The Morgan fingerprint density at radius 1 is 1.00 bits per heavy atom. The van der Waals surface area contributed by atoms with E-state index in [1.807, 2.05) is 0 Å². The summed E-state index contributed by atoms with van der Waals surface area (Å²) < 4.78 is 4.37. The van der Waals surface area contributed by atoms with Crippen molar-refractivity contribution in [3.8, 4) is 0 Å². The molecular formula is C10H23N3+2. The molecule has 0 aromatic rings. The lowest BCUT2D eigenvalue weighted by molar-refractivity contribution is -0.584. The highest BCUT2D eigenvalue weighted by molar-refractivity contribution is 5.26. The highest BCUT2D eigenvalue weighted by Crippen LogP contribution is 1.79. The van der Waals surface area contributed by atoms with Crippen LogP contribution in [0.4, 0.5) is 0 Å². The van der Waals surface area contributed by atoms with Gasteiger partial charge in [0.25, 0.3) is 0 Å². The molecule has 2 N–H and O–H groups in total. The Balaban J connectivity index is 4.40. The molecule has 0 aromatic carbocycles. The number of rotatable bonds is 6. The van der Waals surface area contributed by atoms with Crippen LogP contribution in [0.5, 0.6) is 0 Å². The zero-order valence-electron chi connectivity index (χ0n) is 9.21. The predicted octanol–water partition coefficient (Wildman–Crippen LogP) is 0.594. The summed E-state index contributed by atoms with van der Waals surface area (Å²) >= 11 is 0. The molecule has 13 heavy (non-hydrogen) atoms. The van der Waals surface area contributed by atoms with Crippen LogP contribution >= 0.6 is 0 Å². The minimum atomic E-state index is 0.760. The maximum Gasteiger partial charge on any atom is 0.476 e. The van der Waals surface area contributed by atoms with Gasteiger partial charge < -0.3 is 5.73 Å². The molecule has 0 rings (SSSR count). The van der Waals surface area contributed by atoms with Crippen LogP contribution in [0.1, 0.15) is 27.2 Å². The lowest BCUT2D eigenvalue weighted by Crippen LogP contribution is -2.20. The van der Waals surface area contributed by atoms with Crippen molar-refractivity contribution in [3.63, 3.8) is 0 Å². The zero-order chi connectivity index (χ0) is 10.1. The van der Waals surface area contributed by atoms with E-state index in [4.69, 9.17) is 5.73 Å². The molecule has 76 valence electrons. The first-order valence-corrected chi connectivity index (χ1v) is 5.24. The second-order valence-corrected chi connectivity index (χ2v) is 2.99. The van der Waals surface area contributed by atoms with Crippen molar-refractivity contribution >= 4 is 6.01 Å². The largest absolute Gasteiger partial charge is 0.476 e. The third-order valence-corrected chi connectivity index (χ3v) is 2.06. The van der Waals surface area contributed by atoms with E-state index in [-0.39, 0.29) is 0 Å². The molecule has 0 heterocycles. The molecule has 0 saturated heterocycles. The third kappa shape index (κ3) is 5.56. The normalized spacial score (nSPS) is 9.54. The van der Waals surface area contributed by atoms with Crippen molar-refractivity contribution in [1.29, 1.82) is 0 Å². The number of hydrogen-bond acceptors (Lipinski definition) is 1. The molecule has 0 amide bonds. The molecule has 0 aliphatic rings. The first kappa shape index (κ1) is 12.3. The SMILES string of the molecule is CC[N+](=C=[N+](CC)CCCN)CC. The Hall–Kier alpha value is -0.660. The lowest BCUT2D eigenvalue weighted by atomic mass is 10.4. The molecule has 0 bridgehead atoms. The van der Waals surface area contributed by atoms with Gasteiger partial charge in [0.05, 0.1) is 0 Å². The average molecular weight is 185 g/mol. The van der Waals surface area contributed by atoms with Crippen LogP contribution in [0, 0.1) is 0 Å². The van der Waals surface area contributed by atoms with Gasteiger partial charge in [-0.3, -0.25) is 0 Å². The molecule has 0 unspecified atom stereocenters. The van der Waals surface area contributed by atoms with E-state index in [0.717, 1.165) is 39.1 Å². The van der Waals surface area contributed by atoms with Crippen LogP contribution in [0.3, 0.4) is 0 Å². The van der Waals surface area contributed by atoms with E-state index in [1.165, 1.54) is 0 Å². The fourth-order valence-corrected chi connectivity index (χ4v) is 1.13. The van der Waals surface area contributed by atoms with Gasteiger partial charge in [-0.25, -0.2) is 0 Å². The molecule has 0 fully saturated rings. The second kappa shape index (κ2) is 7.96. The number of nitrogens with zero attached hydrogens (tertiary/aromatic N) is 2. The Morgan fingerprint density at radius 3 is 1.92 bits per heavy atom. The highest BCUT2D eigenvalue weighted by Gasteiger charge is 2.04. The van der Waals surface area contributed by atoms with Crippen molar-refractivity contribution in [2.45, 2.75) is 27.2 Å². The summed E-state index contributed by atoms with van der Waals surface area (Å²) in [5, 5.41) is 0. The van der Waals surface area contributed by atoms with Gasteiger partial charge in [0.15, 0.2) is 26.2 Å². The minimum absolute atomic E-state index is 0.760. The van der Waals surface area contributed by atoms with Crippen LogP contribution in [-0.2, 0) is 0 Å². The quantitative estimate of drug-likeness (QED) is 0.477. The second-order valence-electron chi connectivity index (χ2n) is 2.99. The smallest absolute Gasteiger partial charge is 0.330 e. The van der Waals surface area contributed by atoms with Crippen LogP contribution in [-0.4, -0.2) is 47.9 Å². The van der Waals surface area contributed by atoms with E-state index >= 15 is 0 Å². The third-order valence-electron chi connectivity index (χ3n) is 2.06. The zero-order valence-corrected chi connectivity index (χ0v) is 9.21. The van der Waals surface area contributed by atoms with Gasteiger partial charge >= 0.3 is 6.01 Å². The summed E-state index contributed by atoms with van der Waals surface area (Å²) in [6.07, 6.45) is 1.04. The topological polar surface area (TPSA) is 32.0 Å². The summed E-state index contributed by atoms with van der Waals surface area (Å²) in [7, 11) is 0. The van der Waals surface area contributed by atoms with Gasteiger partial charge in [-0.05, 0) is 27.3 Å². The molecule has 0 radical (unpaired) electrons. The molecule has 0 spiro atoms. The van der Waals surface area contributed by atoms with Crippen molar-refractivity contribution < 1.29 is 9.15 Å². The van der Waals surface area contributed by atoms with E-state index in [0.29, 0.717) is 0 Å². The van der Waals surface area contributed by atoms with E-state index in [1.54, 1.807) is 0 Å². The Kier molecular flexibility index (Phi) is 7.56. The number of hydrogen-bond donors (Lipinski definition) is 1. The van der Waals surface area contributed by atoms with Crippen molar-refractivity contribution in [2.24, 2.45) is 5.73 Å². The lowest BCUT2D eigenvalue weighted by Gasteiger charge is -1.93. The Bertz CT molecular complexity index is 184. The molecule has 0 aliphatic carbocycles. The standard InChI is InChI=1S/C10H23N3/c1-4-12(5-2)10-13(6-3)9-7-8-11/h4-9,11H2,1-3H3/q+2. The van der Waals surface area contributed by atoms with Crippen LogP contribution in [0.25, 0.3) is 0 Å². The fourth-order valence-electron chi connectivity index (χ4n) is 1.13. The molecular weight excluding hydrogens is 162 g/mol. The van der Waals surface area contributed by atoms with Crippen LogP contribution < -0.4 is 5.73 Å². The van der Waals surface area contributed by atoms with Gasteiger partial charge in [-0.2, -0.15) is 0 Å². The Labute approximate surface area is 81.6 Å².